The van der Waals surface area contributed by atoms with Crippen molar-refractivity contribution in [2.24, 2.45) is 0 Å². The molecule has 28 heavy (non-hydrogen) atoms. The number of fused-ring (bicyclic) bond motifs is 1. The van der Waals surface area contributed by atoms with Gasteiger partial charge in [-0.1, -0.05) is 0 Å². The van der Waals surface area contributed by atoms with Gasteiger partial charge in [-0.15, -0.1) is 0 Å². The third-order valence-corrected chi connectivity index (χ3v) is 5.99. The summed E-state index contributed by atoms with van der Waals surface area (Å²) in [6, 6.07) is 6.00. The number of carbonyl (C=O) groups excluding carboxylic acids is 1. The molecule has 2 rings (SSSR count). The maximum absolute atomic E-state index is 13.0. The van der Waals surface area contributed by atoms with Crippen molar-refractivity contribution in [3.8, 4) is 5.75 Å². The number of aromatic hydroxyl groups is 1. The molecular formula is C19H27N3O5S. The first-order valence-electron chi connectivity index (χ1n) is 8.83. The summed E-state index contributed by atoms with van der Waals surface area (Å²) in [7, 11) is -0.852. The number of nitrogens with zero attached hydrogens (tertiary/aromatic N) is 3. The molecule has 1 heterocycles. The van der Waals surface area contributed by atoms with Crippen LogP contribution in [0.3, 0.4) is 0 Å². The standard InChI is InChI=1S/C19H27N3O5S/c1-13-7-8-14-16(10-9-15(23)17(14)20-13)28(25,26)22(6)12-11-21(5)18(24)27-19(2,3)4/h7-10,23H,11-12H2,1-6H3. The Kier molecular flexibility index (Phi) is 6.20. The van der Waals surface area contributed by atoms with Crippen molar-refractivity contribution in [2.45, 2.75) is 38.2 Å². The zero-order chi connectivity index (χ0) is 21.3. The number of pyridine rings is 1. The van der Waals surface area contributed by atoms with Crippen LogP contribution in [0.1, 0.15) is 26.5 Å². The number of rotatable bonds is 5. The van der Waals surface area contributed by atoms with Gasteiger partial charge in [-0.05, 0) is 52.0 Å². The van der Waals surface area contributed by atoms with Crippen molar-refractivity contribution < 1.29 is 23.1 Å². The predicted molar refractivity (Wildman–Crippen MR) is 107 cm³/mol. The van der Waals surface area contributed by atoms with E-state index in [0.29, 0.717) is 11.1 Å². The van der Waals surface area contributed by atoms with Gasteiger partial charge in [-0.3, -0.25) is 0 Å². The third-order valence-electron chi connectivity index (χ3n) is 4.08. The number of hydrogen-bond donors (Lipinski definition) is 1. The van der Waals surface area contributed by atoms with Crippen LogP contribution in [0.5, 0.6) is 5.75 Å². The van der Waals surface area contributed by atoms with Crippen molar-refractivity contribution in [1.82, 2.24) is 14.2 Å². The molecule has 0 atom stereocenters. The highest BCUT2D eigenvalue weighted by molar-refractivity contribution is 7.89. The number of phenolic OH excluding ortho intramolecular Hbond substituents is 1. The van der Waals surface area contributed by atoms with E-state index in [2.05, 4.69) is 4.98 Å². The van der Waals surface area contributed by atoms with Crippen LogP contribution in [0, 0.1) is 6.92 Å². The first kappa shape index (κ1) is 21.9. The van der Waals surface area contributed by atoms with Crippen LogP contribution in [-0.2, 0) is 14.8 Å². The lowest BCUT2D eigenvalue weighted by Crippen LogP contribution is -2.39. The molecule has 0 bridgehead atoms. The Morgan fingerprint density at radius 2 is 1.79 bits per heavy atom. The van der Waals surface area contributed by atoms with E-state index in [-0.39, 0.29) is 29.3 Å². The lowest BCUT2D eigenvalue weighted by atomic mass is 10.2. The average molecular weight is 410 g/mol. The SMILES string of the molecule is Cc1ccc2c(S(=O)(=O)N(C)CCN(C)C(=O)OC(C)(C)C)ccc(O)c2n1. The number of benzene rings is 1. The van der Waals surface area contributed by atoms with Crippen LogP contribution >= 0.6 is 0 Å². The second-order valence-corrected chi connectivity index (χ2v) is 9.67. The zero-order valence-corrected chi connectivity index (χ0v) is 17.9. The van der Waals surface area contributed by atoms with Crippen molar-refractivity contribution in [3.63, 3.8) is 0 Å². The van der Waals surface area contributed by atoms with E-state index in [1.54, 1.807) is 46.9 Å². The number of hydrogen-bond acceptors (Lipinski definition) is 6. The molecule has 0 radical (unpaired) electrons. The Bertz CT molecular complexity index is 983. The summed E-state index contributed by atoms with van der Waals surface area (Å²) < 4.78 is 32.5. The molecule has 0 aliphatic rings. The quantitative estimate of drug-likeness (QED) is 0.815. The van der Waals surface area contributed by atoms with Gasteiger partial charge in [-0.2, -0.15) is 4.31 Å². The highest BCUT2D eigenvalue weighted by Crippen LogP contribution is 2.30. The van der Waals surface area contributed by atoms with Gasteiger partial charge in [0, 0.05) is 38.3 Å². The first-order valence-corrected chi connectivity index (χ1v) is 10.3. The number of phenols is 1. The summed E-state index contributed by atoms with van der Waals surface area (Å²) >= 11 is 0. The zero-order valence-electron chi connectivity index (χ0n) is 17.1. The topological polar surface area (TPSA) is 100 Å². The molecule has 0 saturated carbocycles. The highest BCUT2D eigenvalue weighted by atomic mass is 32.2. The van der Waals surface area contributed by atoms with E-state index in [1.807, 2.05) is 0 Å². The van der Waals surface area contributed by atoms with E-state index in [0.717, 1.165) is 0 Å². The molecular weight excluding hydrogens is 382 g/mol. The van der Waals surface area contributed by atoms with Crippen molar-refractivity contribution in [3.05, 3.63) is 30.0 Å². The fourth-order valence-corrected chi connectivity index (χ4v) is 3.85. The van der Waals surface area contributed by atoms with E-state index in [1.165, 1.54) is 28.4 Å². The maximum atomic E-state index is 13.0. The van der Waals surface area contributed by atoms with E-state index >= 15 is 0 Å². The summed E-state index contributed by atoms with van der Waals surface area (Å²) in [6.45, 7) is 7.31. The third kappa shape index (κ3) is 4.90. The molecule has 0 aliphatic heterocycles. The molecule has 1 N–H and O–H groups in total. The molecule has 9 heteroatoms. The van der Waals surface area contributed by atoms with Crippen LogP contribution in [0.2, 0.25) is 0 Å². The number of sulfonamides is 1. The first-order chi connectivity index (χ1) is 12.8. The minimum atomic E-state index is -3.85. The lowest BCUT2D eigenvalue weighted by Gasteiger charge is -2.26. The molecule has 8 nitrogen and oxygen atoms in total. The lowest BCUT2D eigenvalue weighted by molar-refractivity contribution is 0.0294. The Labute approximate surface area is 165 Å². The average Bonchev–Trinajstić information content (AvgIpc) is 2.58. The van der Waals surface area contributed by atoms with Gasteiger partial charge in [0.25, 0.3) is 0 Å². The smallest absolute Gasteiger partial charge is 0.410 e. The normalized spacial score (nSPS) is 12.4. The molecule has 0 fully saturated rings. The van der Waals surface area contributed by atoms with Crippen molar-refractivity contribution in [2.75, 3.05) is 27.2 Å². The molecule has 0 spiro atoms. The predicted octanol–water partition coefficient (Wildman–Crippen LogP) is 2.74. The fraction of sp³-hybridized carbons (Fsp3) is 0.474. The fourth-order valence-electron chi connectivity index (χ4n) is 2.51. The summed E-state index contributed by atoms with van der Waals surface area (Å²) in [4.78, 5) is 17.7. The Hall–Kier alpha value is -2.39. The molecule has 154 valence electrons. The van der Waals surface area contributed by atoms with Gasteiger partial charge < -0.3 is 14.7 Å². The minimum absolute atomic E-state index is 0.0511. The summed E-state index contributed by atoms with van der Waals surface area (Å²) in [5.41, 5.74) is 0.282. The van der Waals surface area contributed by atoms with Gasteiger partial charge in [0.05, 0.1) is 4.90 Å². The van der Waals surface area contributed by atoms with E-state index in [4.69, 9.17) is 4.74 Å². The summed E-state index contributed by atoms with van der Waals surface area (Å²) in [5.74, 6) is -0.0787. The summed E-state index contributed by atoms with van der Waals surface area (Å²) in [5, 5.41) is 10.4. The van der Waals surface area contributed by atoms with Crippen molar-refractivity contribution in [1.29, 1.82) is 0 Å². The highest BCUT2D eigenvalue weighted by Gasteiger charge is 2.26. The van der Waals surface area contributed by atoms with Gasteiger partial charge >= 0.3 is 6.09 Å². The van der Waals surface area contributed by atoms with Gasteiger partial charge in [0.2, 0.25) is 10.0 Å². The minimum Gasteiger partial charge on any atom is -0.506 e. The molecule has 1 aromatic carbocycles. The number of ether oxygens (including phenoxy) is 1. The number of aromatic nitrogens is 1. The van der Waals surface area contributed by atoms with Crippen LogP contribution in [0.25, 0.3) is 10.9 Å². The summed E-state index contributed by atoms with van der Waals surface area (Å²) in [6.07, 6.45) is -0.520. The van der Waals surface area contributed by atoms with Gasteiger partial charge in [0.15, 0.2) is 0 Å². The number of carbonyl (C=O) groups is 1. The monoisotopic (exact) mass is 409 g/mol. The Morgan fingerprint density at radius 3 is 2.39 bits per heavy atom. The number of amides is 1. The molecule has 0 saturated heterocycles. The largest absolute Gasteiger partial charge is 0.506 e. The molecule has 0 aliphatic carbocycles. The van der Waals surface area contributed by atoms with Gasteiger partial charge in [0.1, 0.15) is 16.9 Å². The van der Waals surface area contributed by atoms with Crippen LogP contribution in [-0.4, -0.2) is 66.6 Å². The number of aryl methyl sites for hydroxylation is 1. The number of likely N-dealkylation sites (N-methyl/N-ethyl adjacent to an activating group) is 2. The van der Waals surface area contributed by atoms with Crippen LogP contribution in [0.15, 0.2) is 29.2 Å². The molecule has 2 aromatic rings. The molecule has 0 unspecified atom stereocenters. The second kappa shape index (κ2) is 7.92. The Balaban J connectivity index is 2.22. The van der Waals surface area contributed by atoms with Crippen LogP contribution < -0.4 is 0 Å². The van der Waals surface area contributed by atoms with E-state index < -0.39 is 21.7 Å². The van der Waals surface area contributed by atoms with Crippen molar-refractivity contribution >= 4 is 27.0 Å². The molecule has 1 amide bonds. The Morgan fingerprint density at radius 1 is 1.14 bits per heavy atom. The van der Waals surface area contributed by atoms with E-state index in [9.17, 15) is 18.3 Å². The van der Waals surface area contributed by atoms with Gasteiger partial charge in [-0.25, -0.2) is 18.2 Å². The molecule has 1 aromatic heterocycles. The second-order valence-electron chi connectivity index (χ2n) is 7.66. The van der Waals surface area contributed by atoms with Crippen LogP contribution in [0.4, 0.5) is 4.79 Å². The maximum Gasteiger partial charge on any atom is 0.410 e.